The van der Waals surface area contributed by atoms with Gasteiger partial charge in [0.1, 0.15) is 0 Å². The van der Waals surface area contributed by atoms with Crippen LogP contribution >= 0.6 is 11.6 Å². The first-order valence-electron chi connectivity index (χ1n) is 6.95. The Labute approximate surface area is 115 Å². The van der Waals surface area contributed by atoms with Gasteiger partial charge in [0.15, 0.2) is 0 Å². The average Bonchev–Trinajstić information content (AvgIpc) is 2.84. The Morgan fingerprint density at radius 3 is 2.72 bits per heavy atom. The molecule has 1 N–H and O–H groups in total. The van der Waals surface area contributed by atoms with Gasteiger partial charge in [0.2, 0.25) is 0 Å². The van der Waals surface area contributed by atoms with Crippen LogP contribution in [0.1, 0.15) is 25.3 Å². The fraction of sp³-hybridized carbons (Fsp3) is 0.600. The zero-order valence-electron chi connectivity index (χ0n) is 11.2. The van der Waals surface area contributed by atoms with Crippen LogP contribution < -0.4 is 5.32 Å². The summed E-state index contributed by atoms with van der Waals surface area (Å²) < 4.78 is 0. The van der Waals surface area contributed by atoms with Crippen LogP contribution in [0.5, 0.6) is 0 Å². The van der Waals surface area contributed by atoms with Crippen LogP contribution in [0.15, 0.2) is 24.3 Å². The Morgan fingerprint density at radius 1 is 1.28 bits per heavy atom. The molecule has 0 amide bonds. The van der Waals surface area contributed by atoms with E-state index in [0.29, 0.717) is 6.04 Å². The summed E-state index contributed by atoms with van der Waals surface area (Å²) >= 11 is 6.14. The zero-order chi connectivity index (χ0) is 12.8. The Bertz CT molecular complexity index is 361. The number of halogens is 1. The lowest BCUT2D eigenvalue weighted by molar-refractivity contribution is 0.299. The quantitative estimate of drug-likeness (QED) is 0.852. The third-order valence-corrected chi connectivity index (χ3v) is 3.94. The van der Waals surface area contributed by atoms with Crippen LogP contribution in [0.2, 0.25) is 5.02 Å². The first-order chi connectivity index (χ1) is 8.75. The number of nitrogens with zero attached hydrogens (tertiary/aromatic N) is 1. The summed E-state index contributed by atoms with van der Waals surface area (Å²) in [5.41, 5.74) is 1.24. The van der Waals surface area contributed by atoms with E-state index in [1.54, 1.807) is 0 Å². The monoisotopic (exact) mass is 266 g/mol. The molecule has 1 saturated heterocycles. The summed E-state index contributed by atoms with van der Waals surface area (Å²) in [4.78, 5) is 2.55. The van der Waals surface area contributed by atoms with Crippen molar-refractivity contribution in [3.05, 3.63) is 34.9 Å². The number of likely N-dealkylation sites (tertiary alicyclic amines) is 1. The van der Waals surface area contributed by atoms with Gasteiger partial charge in [-0.3, -0.25) is 0 Å². The molecular weight excluding hydrogens is 244 g/mol. The minimum atomic E-state index is 0.561. The van der Waals surface area contributed by atoms with Gasteiger partial charge in [-0.1, -0.05) is 29.8 Å². The summed E-state index contributed by atoms with van der Waals surface area (Å²) in [6.07, 6.45) is 3.74. The summed E-state index contributed by atoms with van der Waals surface area (Å²) in [6.45, 7) is 6.99. The van der Waals surface area contributed by atoms with Gasteiger partial charge in [0.05, 0.1) is 0 Å². The van der Waals surface area contributed by atoms with Gasteiger partial charge >= 0.3 is 0 Å². The van der Waals surface area contributed by atoms with Crippen LogP contribution in [-0.2, 0) is 6.42 Å². The number of hydrogen-bond donors (Lipinski definition) is 1. The van der Waals surface area contributed by atoms with E-state index in [1.807, 2.05) is 12.1 Å². The fourth-order valence-corrected chi connectivity index (χ4v) is 2.80. The standard InChI is InChI=1S/C15H23ClN2/c1-13(12-18-10-4-5-11-18)17-9-8-14-6-2-3-7-15(14)16/h2-3,6-7,13,17H,4-5,8-12H2,1H3. The maximum atomic E-state index is 6.14. The molecule has 0 spiro atoms. The molecule has 0 radical (unpaired) electrons. The number of rotatable bonds is 6. The molecule has 0 bridgehead atoms. The number of benzene rings is 1. The van der Waals surface area contributed by atoms with Crippen LogP contribution in [0, 0.1) is 0 Å². The van der Waals surface area contributed by atoms with Gasteiger partial charge in [0, 0.05) is 17.6 Å². The second-order valence-corrected chi connectivity index (χ2v) is 5.61. The molecule has 0 aromatic heterocycles. The minimum Gasteiger partial charge on any atom is -0.313 e. The van der Waals surface area contributed by atoms with Crippen LogP contribution in [0.3, 0.4) is 0 Å². The largest absolute Gasteiger partial charge is 0.313 e. The lowest BCUT2D eigenvalue weighted by Gasteiger charge is -2.21. The van der Waals surface area contributed by atoms with E-state index in [9.17, 15) is 0 Å². The van der Waals surface area contributed by atoms with Crippen molar-refractivity contribution in [3.8, 4) is 0 Å². The van der Waals surface area contributed by atoms with Crippen molar-refractivity contribution in [3.63, 3.8) is 0 Å². The van der Waals surface area contributed by atoms with Crippen LogP contribution in [0.25, 0.3) is 0 Å². The molecule has 1 fully saturated rings. The second kappa shape index (κ2) is 7.13. The second-order valence-electron chi connectivity index (χ2n) is 5.20. The van der Waals surface area contributed by atoms with Gasteiger partial charge in [-0.15, -0.1) is 0 Å². The van der Waals surface area contributed by atoms with E-state index < -0.39 is 0 Å². The van der Waals surface area contributed by atoms with Crippen LogP contribution in [0.4, 0.5) is 0 Å². The van der Waals surface area contributed by atoms with Gasteiger partial charge in [-0.05, 0) is 57.5 Å². The lowest BCUT2D eigenvalue weighted by Crippen LogP contribution is -2.38. The molecule has 18 heavy (non-hydrogen) atoms. The molecular formula is C15H23ClN2. The average molecular weight is 267 g/mol. The first-order valence-corrected chi connectivity index (χ1v) is 7.32. The van der Waals surface area contributed by atoms with E-state index in [4.69, 9.17) is 11.6 Å². The molecule has 0 aliphatic carbocycles. The Kier molecular flexibility index (Phi) is 5.48. The zero-order valence-corrected chi connectivity index (χ0v) is 11.9. The molecule has 0 saturated carbocycles. The lowest BCUT2D eigenvalue weighted by atomic mass is 10.1. The van der Waals surface area contributed by atoms with Gasteiger partial charge in [-0.2, -0.15) is 0 Å². The maximum absolute atomic E-state index is 6.14. The van der Waals surface area contributed by atoms with E-state index in [2.05, 4.69) is 29.3 Å². The highest BCUT2D eigenvalue weighted by molar-refractivity contribution is 6.31. The van der Waals surface area contributed by atoms with Crippen molar-refractivity contribution in [2.45, 2.75) is 32.2 Å². The van der Waals surface area contributed by atoms with Crippen molar-refractivity contribution < 1.29 is 0 Å². The molecule has 1 aliphatic rings. The van der Waals surface area contributed by atoms with Gasteiger partial charge in [0.25, 0.3) is 0 Å². The summed E-state index contributed by atoms with van der Waals surface area (Å²) in [6, 6.07) is 8.66. The van der Waals surface area contributed by atoms with Crippen LogP contribution in [-0.4, -0.2) is 37.1 Å². The predicted octanol–water partition coefficient (Wildman–Crippen LogP) is 2.96. The summed E-state index contributed by atoms with van der Waals surface area (Å²) in [7, 11) is 0. The van der Waals surface area contributed by atoms with Gasteiger partial charge in [-0.25, -0.2) is 0 Å². The topological polar surface area (TPSA) is 15.3 Å². The summed E-state index contributed by atoms with van der Waals surface area (Å²) in [5, 5.41) is 4.47. The van der Waals surface area contributed by atoms with E-state index >= 15 is 0 Å². The molecule has 1 aromatic rings. The highest BCUT2D eigenvalue weighted by atomic mass is 35.5. The molecule has 1 atom stereocenters. The van der Waals surface area contributed by atoms with Crippen molar-refractivity contribution >= 4 is 11.6 Å². The molecule has 3 heteroatoms. The molecule has 1 aliphatic heterocycles. The van der Waals surface area contributed by atoms with Crippen molar-refractivity contribution in [1.82, 2.24) is 10.2 Å². The van der Waals surface area contributed by atoms with E-state index in [-0.39, 0.29) is 0 Å². The molecule has 2 rings (SSSR count). The highest BCUT2D eigenvalue weighted by Gasteiger charge is 2.13. The Hall–Kier alpha value is -0.570. The Balaban J connectivity index is 1.67. The SMILES string of the molecule is CC(CN1CCCC1)NCCc1ccccc1Cl. The van der Waals surface area contributed by atoms with E-state index in [0.717, 1.165) is 18.0 Å². The fourth-order valence-electron chi connectivity index (χ4n) is 2.57. The smallest absolute Gasteiger partial charge is 0.0438 e. The minimum absolute atomic E-state index is 0.561. The van der Waals surface area contributed by atoms with Crippen molar-refractivity contribution in [1.29, 1.82) is 0 Å². The molecule has 100 valence electrons. The third-order valence-electron chi connectivity index (χ3n) is 3.58. The van der Waals surface area contributed by atoms with Gasteiger partial charge < -0.3 is 10.2 Å². The molecule has 1 unspecified atom stereocenters. The van der Waals surface area contributed by atoms with E-state index in [1.165, 1.54) is 38.0 Å². The third kappa shape index (κ3) is 4.27. The highest BCUT2D eigenvalue weighted by Crippen LogP contribution is 2.15. The normalized spacial score (nSPS) is 18.1. The number of nitrogens with one attached hydrogen (secondary N) is 1. The molecule has 1 heterocycles. The van der Waals surface area contributed by atoms with Crippen molar-refractivity contribution in [2.24, 2.45) is 0 Å². The number of hydrogen-bond acceptors (Lipinski definition) is 2. The summed E-state index contributed by atoms with van der Waals surface area (Å²) in [5.74, 6) is 0. The predicted molar refractivity (Wildman–Crippen MR) is 78.3 cm³/mol. The molecule has 1 aromatic carbocycles. The maximum Gasteiger partial charge on any atom is 0.0438 e. The molecule has 2 nitrogen and oxygen atoms in total. The first kappa shape index (κ1) is 13.9. The van der Waals surface area contributed by atoms with Crippen molar-refractivity contribution in [2.75, 3.05) is 26.2 Å². The Morgan fingerprint density at radius 2 is 2.00 bits per heavy atom.